The van der Waals surface area contributed by atoms with Gasteiger partial charge in [0.15, 0.2) is 5.69 Å². The number of imidazole rings is 1. The van der Waals surface area contributed by atoms with Gasteiger partial charge in [0.1, 0.15) is 19.0 Å². The van der Waals surface area contributed by atoms with Crippen LogP contribution in [0.1, 0.15) is 16.3 Å². The summed E-state index contributed by atoms with van der Waals surface area (Å²) >= 11 is 0. The van der Waals surface area contributed by atoms with Gasteiger partial charge in [0.05, 0.1) is 0 Å². The molecule has 0 fully saturated rings. The molecule has 9 heteroatoms. The number of carbonyl (C=O) groups is 1. The lowest BCUT2D eigenvalue weighted by Gasteiger charge is -2.16. The van der Waals surface area contributed by atoms with E-state index in [-0.39, 0.29) is 12.6 Å². The van der Waals surface area contributed by atoms with E-state index in [4.69, 9.17) is 9.84 Å². The van der Waals surface area contributed by atoms with Gasteiger partial charge in [0.2, 0.25) is 0 Å². The van der Waals surface area contributed by atoms with Crippen molar-refractivity contribution in [3.8, 4) is 0 Å². The molecule has 5 nitrogen and oxygen atoms in total. The minimum absolute atomic E-state index is 0.129. The Kier molecular flexibility index (Phi) is 5.57. The van der Waals surface area contributed by atoms with Crippen LogP contribution < -0.4 is 0 Å². The number of hydrogen-bond donors (Lipinski definition) is 1. The number of ether oxygens (including phenoxy) is 1. The lowest BCUT2D eigenvalue weighted by atomic mass is 10.4. The zero-order chi connectivity index (χ0) is 16.3. The largest absolute Gasteiger partial charge is 0.476 e. The zero-order valence-electron chi connectivity index (χ0n) is 12.2. The van der Waals surface area contributed by atoms with E-state index in [0.717, 1.165) is 16.8 Å². The smallest absolute Gasteiger partial charge is 0.396 e. The fraction of sp³-hybridized carbons (Fsp3) is 0.667. The van der Waals surface area contributed by atoms with E-state index < -0.39 is 32.3 Å². The third kappa shape index (κ3) is 6.76. The monoisotopic (exact) mass is 324 g/mol. The van der Waals surface area contributed by atoms with Crippen LogP contribution in [0.5, 0.6) is 0 Å². The maximum Gasteiger partial charge on any atom is 0.396 e. The lowest BCUT2D eigenvalue weighted by Crippen LogP contribution is -2.22. The molecule has 21 heavy (non-hydrogen) atoms. The van der Waals surface area contributed by atoms with Gasteiger partial charge < -0.3 is 14.4 Å². The molecular weight excluding hydrogens is 305 g/mol. The van der Waals surface area contributed by atoms with Crippen LogP contribution in [0.4, 0.5) is 13.2 Å². The number of carboxylic acids is 1. The fourth-order valence-electron chi connectivity index (χ4n) is 1.53. The predicted molar refractivity (Wildman–Crippen MR) is 73.1 cm³/mol. The highest BCUT2D eigenvalue weighted by Gasteiger charge is 2.31. The van der Waals surface area contributed by atoms with Gasteiger partial charge in [-0.2, -0.15) is 13.2 Å². The third-order valence-corrected chi connectivity index (χ3v) is 4.37. The van der Waals surface area contributed by atoms with E-state index in [1.54, 1.807) is 0 Å². The van der Waals surface area contributed by atoms with Gasteiger partial charge in [-0.05, 0) is 6.04 Å². The van der Waals surface area contributed by atoms with Gasteiger partial charge in [-0.25, -0.2) is 9.78 Å². The second-order valence-electron chi connectivity index (χ2n) is 5.96. The number of hydrogen-bond acceptors (Lipinski definition) is 3. The Balaban J connectivity index is 2.72. The summed E-state index contributed by atoms with van der Waals surface area (Å²) in [6, 6.07) is 0.877. The molecule has 120 valence electrons. The molecule has 1 aromatic rings. The molecule has 1 N–H and O–H groups in total. The summed E-state index contributed by atoms with van der Waals surface area (Å²) in [6.07, 6.45) is -4.66. The second kappa shape index (κ2) is 6.61. The Bertz CT molecular complexity index is 495. The second-order valence-corrected chi connectivity index (χ2v) is 11.6. The van der Waals surface area contributed by atoms with Gasteiger partial charge in [0.25, 0.3) is 0 Å². The quantitative estimate of drug-likeness (QED) is 0.618. The zero-order valence-corrected chi connectivity index (χ0v) is 13.2. The Morgan fingerprint density at radius 2 is 2.05 bits per heavy atom. The number of aromatic nitrogens is 2. The van der Waals surface area contributed by atoms with Crippen LogP contribution in [-0.4, -0.2) is 41.5 Å². The van der Waals surface area contributed by atoms with Crippen LogP contribution in [0, 0.1) is 0 Å². The molecule has 0 amide bonds. The van der Waals surface area contributed by atoms with Gasteiger partial charge in [-0.1, -0.05) is 19.6 Å². The van der Waals surface area contributed by atoms with Crippen LogP contribution in [0.25, 0.3) is 0 Å². The highest BCUT2D eigenvalue weighted by atomic mass is 28.3. The highest BCUT2D eigenvalue weighted by molar-refractivity contribution is 6.76. The SMILES string of the molecule is C[Si](C)(C)CCOCn1cc(C(=O)O)nc1CC(F)(F)F. The molecule has 0 aromatic carbocycles. The molecule has 1 heterocycles. The maximum absolute atomic E-state index is 12.4. The van der Waals surface area contributed by atoms with Crippen LogP contribution in [0.3, 0.4) is 0 Å². The normalized spacial score (nSPS) is 12.7. The van der Waals surface area contributed by atoms with Gasteiger partial charge >= 0.3 is 12.1 Å². The van der Waals surface area contributed by atoms with Crippen molar-refractivity contribution in [3.05, 3.63) is 17.7 Å². The van der Waals surface area contributed by atoms with Crippen molar-refractivity contribution in [3.63, 3.8) is 0 Å². The van der Waals surface area contributed by atoms with Crippen LogP contribution >= 0.6 is 0 Å². The minimum Gasteiger partial charge on any atom is -0.476 e. The number of halogens is 3. The van der Waals surface area contributed by atoms with Gasteiger partial charge in [-0.15, -0.1) is 0 Å². The number of alkyl halides is 3. The molecule has 1 rings (SSSR count). The first-order valence-corrected chi connectivity index (χ1v) is 10.1. The van der Waals surface area contributed by atoms with Crippen LogP contribution in [0.15, 0.2) is 6.20 Å². The Hall–Kier alpha value is -1.35. The van der Waals surface area contributed by atoms with Crippen molar-refractivity contribution in [2.24, 2.45) is 0 Å². The van der Waals surface area contributed by atoms with Crippen molar-refractivity contribution in [1.29, 1.82) is 0 Å². The highest BCUT2D eigenvalue weighted by Crippen LogP contribution is 2.21. The van der Waals surface area contributed by atoms with Gasteiger partial charge in [-0.3, -0.25) is 0 Å². The number of carboxylic acid groups (broad SMARTS) is 1. The van der Waals surface area contributed by atoms with E-state index in [9.17, 15) is 18.0 Å². The molecule has 1 aromatic heterocycles. The average Bonchev–Trinajstić information content (AvgIpc) is 2.64. The first kappa shape index (κ1) is 17.7. The molecule has 0 saturated heterocycles. The first-order chi connectivity index (χ1) is 9.48. The number of aromatic carboxylic acids is 1. The molecule has 0 unspecified atom stereocenters. The van der Waals surface area contributed by atoms with Crippen LogP contribution in [0.2, 0.25) is 25.7 Å². The van der Waals surface area contributed by atoms with Crippen molar-refractivity contribution in [2.45, 2.75) is 45.0 Å². The fourth-order valence-corrected chi connectivity index (χ4v) is 2.29. The van der Waals surface area contributed by atoms with Crippen LogP contribution in [-0.2, 0) is 17.9 Å². The Morgan fingerprint density at radius 1 is 1.43 bits per heavy atom. The third-order valence-electron chi connectivity index (χ3n) is 2.66. The summed E-state index contributed by atoms with van der Waals surface area (Å²) in [6.45, 7) is 6.78. The molecule has 0 aliphatic rings. The molecular formula is C12H19F3N2O3Si. The summed E-state index contributed by atoms with van der Waals surface area (Å²) in [5.74, 6) is -1.72. The molecule has 0 aliphatic heterocycles. The summed E-state index contributed by atoms with van der Waals surface area (Å²) in [5, 5.41) is 8.81. The summed E-state index contributed by atoms with van der Waals surface area (Å²) in [7, 11) is -1.28. The van der Waals surface area contributed by atoms with Crippen molar-refractivity contribution >= 4 is 14.0 Å². The lowest BCUT2D eigenvalue weighted by molar-refractivity contribution is -0.129. The van der Waals surface area contributed by atoms with E-state index in [2.05, 4.69) is 24.6 Å². The molecule has 0 saturated carbocycles. The van der Waals surface area contributed by atoms with E-state index >= 15 is 0 Å². The number of nitrogens with zero attached hydrogens (tertiary/aromatic N) is 2. The van der Waals surface area contributed by atoms with E-state index in [1.165, 1.54) is 0 Å². The predicted octanol–water partition coefficient (Wildman–Crippen LogP) is 3.00. The topological polar surface area (TPSA) is 64.3 Å². The minimum atomic E-state index is -4.45. The van der Waals surface area contributed by atoms with E-state index in [0.29, 0.717) is 6.61 Å². The summed E-state index contributed by atoms with van der Waals surface area (Å²) in [5.41, 5.74) is -0.414. The Labute approximate surface area is 121 Å². The first-order valence-electron chi connectivity index (χ1n) is 6.42. The summed E-state index contributed by atoms with van der Waals surface area (Å²) in [4.78, 5) is 14.3. The van der Waals surface area contributed by atoms with E-state index in [1.807, 2.05) is 0 Å². The maximum atomic E-state index is 12.4. The standard InChI is InChI=1S/C12H19F3N2O3Si/c1-21(2,3)5-4-20-8-17-7-9(11(18)19)16-10(17)6-12(13,14)15/h7H,4-6,8H2,1-3H3,(H,18,19). The Morgan fingerprint density at radius 3 is 2.52 bits per heavy atom. The molecule has 0 atom stereocenters. The average molecular weight is 324 g/mol. The van der Waals surface area contributed by atoms with Gasteiger partial charge in [0, 0.05) is 20.9 Å². The molecule has 0 radical (unpaired) electrons. The van der Waals surface area contributed by atoms with Crippen molar-refractivity contribution < 1.29 is 27.8 Å². The molecule has 0 spiro atoms. The summed E-state index contributed by atoms with van der Waals surface area (Å²) < 4.78 is 43.8. The molecule has 0 bridgehead atoms. The number of rotatable bonds is 7. The van der Waals surface area contributed by atoms with Crippen molar-refractivity contribution in [1.82, 2.24) is 9.55 Å². The molecule has 0 aliphatic carbocycles. The van der Waals surface area contributed by atoms with Crippen molar-refractivity contribution in [2.75, 3.05) is 6.61 Å².